The molecule has 0 fully saturated rings. The van der Waals surface area contributed by atoms with Crippen LogP contribution in [0.15, 0.2) is 24.3 Å². The van der Waals surface area contributed by atoms with Gasteiger partial charge in [-0.1, -0.05) is 102 Å². The third-order valence-corrected chi connectivity index (χ3v) is 11.2. The highest BCUT2D eigenvalue weighted by atomic mass is 32.2. The first-order valence-corrected chi connectivity index (χ1v) is 24.0. The Hall–Kier alpha value is -0.810. The van der Waals surface area contributed by atoms with Gasteiger partial charge in [0.25, 0.3) is 7.82 Å². The summed E-state index contributed by atoms with van der Waals surface area (Å²) in [6, 6.07) is 0. The fraction of sp³-hybridized carbons (Fsp3) is 0.850. The number of phosphoric ester groups is 1. The molecule has 1 unspecified atom stereocenters. The molecular weight excluding hydrogens is 718 g/mol. The maximum absolute atomic E-state index is 12.6. The number of carbonyl (C=O) groups excluding carboxylic acids is 2. The van der Waals surface area contributed by atoms with Crippen LogP contribution in [-0.4, -0.2) is 93.0 Å². The van der Waals surface area contributed by atoms with Crippen LogP contribution in [0, 0.1) is 0 Å². The SMILES string of the molecule is CCCCCCC/C=C\CCCCCSCC(=O)OC[C@H](COP(=O)([O-])OCC[N+](C)(C)C)OC(=O)CSCCCCC/C=C\CCCCCCC. The van der Waals surface area contributed by atoms with E-state index in [4.69, 9.17) is 18.5 Å². The summed E-state index contributed by atoms with van der Waals surface area (Å²) in [5, 5.41) is 0. The number of likely N-dealkylation sites (N-methyl/N-ethyl adjacent to an activating group) is 1. The van der Waals surface area contributed by atoms with E-state index in [-0.39, 0.29) is 24.7 Å². The van der Waals surface area contributed by atoms with Crippen LogP contribution in [0.3, 0.4) is 0 Å². The number of unbranched alkanes of at least 4 members (excludes halogenated alkanes) is 16. The lowest BCUT2D eigenvalue weighted by Crippen LogP contribution is -2.37. The summed E-state index contributed by atoms with van der Waals surface area (Å²) in [5.74, 6) is 1.05. The second-order valence-corrected chi connectivity index (χ2v) is 18.2. The zero-order chi connectivity index (χ0) is 38.6. The predicted molar refractivity (Wildman–Crippen MR) is 220 cm³/mol. The van der Waals surface area contributed by atoms with Crippen molar-refractivity contribution in [3.05, 3.63) is 24.3 Å². The molecule has 0 aliphatic heterocycles. The van der Waals surface area contributed by atoms with Gasteiger partial charge in [-0.2, -0.15) is 23.5 Å². The third-order valence-electron chi connectivity index (χ3n) is 8.20. The van der Waals surface area contributed by atoms with E-state index in [1.54, 1.807) is 0 Å². The quantitative estimate of drug-likeness (QED) is 0.0197. The molecule has 0 aromatic carbocycles. The monoisotopic (exact) mass is 793 g/mol. The molecule has 0 saturated carbocycles. The Balaban J connectivity index is 4.41. The number of thioether (sulfide) groups is 2. The van der Waals surface area contributed by atoms with Crippen LogP contribution in [0.25, 0.3) is 0 Å². The Morgan fingerprint density at radius 2 is 1.08 bits per heavy atom. The Kier molecular flexibility index (Phi) is 35.3. The number of esters is 2. The minimum atomic E-state index is -4.63. The lowest BCUT2D eigenvalue weighted by Gasteiger charge is -2.28. The average molecular weight is 794 g/mol. The highest BCUT2D eigenvalue weighted by molar-refractivity contribution is 8.00. The molecule has 0 N–H and O–H groups in total. The molecule has 2 atom stereocenters. The topological polar surface area (TPSA) is 111 Å². The maximum Gasteiger partial charge on any atom is 0.316 e. The van der Waals surface area contributed by atoms with E-state index in [0.717, 1.165) is 62.9 Å². The summed E-state index contributed by atoms with van der Waals surface area (Å²) >= 11 is 2.99. The second-order valence-electron chi connectivity index (χ2n) is 14.5. The van der Waals surface area contributed by atoms with Crippen molar-refractivity contribution in [3.8, 4) is 0 Å². The summed E-state index contributed by atoms with van der Waals surface area (Å²) < 4.78 is 33.7. The summed E-state index contributed by atoms with van der Waals surface area (Å²) in [7, 11) is 1.14. The van der Waals surface area contributed by atoms with Crippen LogP contribution in [0.5, 0.6) is 0 Å². The van der Waals surface area contributed by atoms with Gasteiger partial charge in [-0.05, 0) is 75.7 Å². The van der Waals surface area contributed by atoms with Crippen LogP contribution in [-0.2, 0) is 32.7 Å². The lowest BCUT2D eigenvalue weighted by molar-refractivity contribution is -0.870. The van der Waals surface area contributed by atoms with Crippen LogP contribution >= 0.6 is 31.3 Å². The molecule has 0 heterocycles. The lowest BCUT2D eigenvalue weighted by atomic mass is 10.1. The van der Waals surface area contributed by atoms with Crippen molar-refractivity contribution < 1.29 is 42.1 Å². The Morgan fingerprint density at radius 1 is 0.635 bits per heavy atom. The van der Waals surface area contributed by atoms with Gasteiger partial charge in [0, 0.05) is 0 Å². The minimum absolute atomic E-state index is 0.0388. The Labute approximate surface area is 327 Å². The smallest absolute Gasteiger partial charge is 0.316 e. The van der Waals surface area contributed by atoms with E-state index in [2.05, 4.69) is 38.2 Å². The third kappa shape index (κ3) is 38.9. The van der Waals surface area contributed by atoms with E-state index in [9.17, 15) is 19.0 Å². The van der Waals surface area contributed by atoms with Crippen molar-refractivity contribution in [2.45, 2.75) is 148 Å². The molecular formula is C40H76NO8PS2. The average Bonchev–Trinajstić information content (AvgIpc) is 3.09. The molecule has 52 heavy (non-hydrogen) atoms. The highest BCUT2D eigenvalue weighted by Crippen LogP contribution is 2.38. The van der Waals surface area contributed by atoms with Crippen LogP contribution in [0.1, 0.15) is 142 Å². The molecule has 0 aliphatic rings. The molecule has 9 nitrogen and oxygen atoms in total. The van der Waals surface area contributed by atoms with Gasteiger partial charge in [0.05, 0.1) is 39.3 Å². The number of allylic oxidation sites excluding steroid dienone is 4. The minimum Gasteiger partial charge on any atom is -0.756 e. The van der Waals surface area contributed by atoms with Gasteiger partial charge in [0.1, 0.15) is 19.8 Å². The molecule has 0 bridgehead atoms. The Bertz CT molecular complexity index is 960. The van der Waals surface area contributed by atoms with Crippen molar-refractivity contribution in [1.29, 1.82) is 0 Å². The van der Waals surface area contributed by atoms with Gasteiger partial charge >= 0.3 is 11.9 Å². The second kappa shape index (κ2) is 35.9. The van der Waals surface area contributed by atoms with Gasteiger partial charge in [-0.3, -0.25) is 14.2 Å². The van der Waals surface area contributed by atoms with E-state index < -0.39 is 32.5 Å². The molecule has 0 amide bonds. The first kappa shape index (κ1) is 51.2. The van der Waals surface area contributed by atoms with Crippen molar-refractivity contribution in [2.75, 3.05) is 70.5 Å². The number of hydrogen-bond donors (Lipinski definition) is 0. The zero-order valence-corrected chi connectivity index (χ0v) is 36.2. The molecule has 0 aliphatic carbocycles. The largest absolute Gasteiger partial charge is 0.756 e. The van der Waals surface area contributed by atoms with Crippen LogP contribution < -0.4 is 4.89 Å². The zero-order valence-electron chi connectivity index (χ0n) is 33.7. The number of rotatable bonds is 38. The van der Waals surface area contributed by atoms with E-state index in [1.165, 1.54) is 101 Å². The number of phosphoric acid groups is 1. The summed E-state index contributed by atoms with van der Waals surface area (Å²) in [4.78, 5) is 37.4. The molecule has 12 heteroatoms. The molecule has 0 aromatic heterocycles. The molecule has 0 rings (SSSR count). The fourth-order valence-electron chi connectivity index (χ4n) is 5.00. The van der Waals surface area contributed by atoms with Crippen molar-refractivity contribution in [1.82, 2.24) is 0 Å². The summed E-state index contributed by atoms with van der Waals surface area (Å²) in [6.45, 7) is 4.13. The molecule has 0 saturated heterocycles. The van der Waals surface area contributed by atoms with Gasteiger partial charge in [0.2, 0.25) is 0 Å². The Morgan fingerprint density at radius 3 is 1.54 bits per heavy atom. The number of ether oxygens (including phenoxy) is 2. The maximum atomic E-state index is 12.6. The molecule has 306 valence electrons. The molecule has 0 spiro atoms. The summed E-state index contributed by atoms with van der Waals surface area (Å²) in [6.07, 6.45) is 32.2. The van der Waals surface area contributed by atoms with Gasteiger partial charge in [-0.15, -0.1) is 0 Å². The van der Waals surface area contributed by atoms with Crippen molar-refractivity contribution in [3.63, 3.8) is 0 Å². The number of carbonyl (C=O) groups is 2. The predicted octanol–water partition coefficient (Wildman–Crippen LogP) is 10.1. The summed E-state index contributed by atoms with van der Waals surface area (Å²) in [5.41, 5.74) is 0. The number of nitrogens with zero attached hydrogens (tertiary/aromatic N) is 1. The van der Waals surface area contributed by atoms with Gasteiger partial charge in [-0.25, -0.2) is 0 Å². The van der Waals surface area contributed by atoms with Crippen LogP contribution in [0.4, 0.5) is 0 Å². The van der Waals surface area contributed by atoms with Crippen molar-refractivity contribution in [2.24, 2.45) is 0 Å². The normalized spacial score (nSPS) is 13.9. The van der Waals surface area contributed by atoms with E-state index >= 15 is 0 Å². The van der Waals surface area contributed by atoms with Crippen LogP contribution in [0.2, 0.25) is 0 Å². The van der Waals surface area contributed by atoms with Crippen molar-refractivity contribution >= 4 is 43.3 Å². The van der Waals surface area contributed by atoms with Gasteiger partial charge in [0.15, 0.2) is 6.10 Å². The van der Waals surface area contributed by atoms with E-state index in [0.29, 0.717) is 11.0 Å². The number of quaternary nitrogens is 1. The standard InChI is InChI=1S/C40H76NO8PS2/c1-6-8-10-12-14-16-18-20-22-24-26-28-32-51-36-39(42)46-34-38(35-48-50(44,45)47-31-30-41(3,4)5)49-40(43)37-52-33-29-27-25-23-21-19-17-15-13-11-9-7-2/h18-21,38H,6-17,22-37H2,1-5H3/b20-18-,21-19-/t38-/m1/s1. The van der Waals surface area contributed by atoms with Gasteiger partial charge < -0.3 is 27.9 Å². The number of hydrogen-bond acceptors (Lipinski definition) is 10. The first-order chi connectivity index (χ1) is 25.0. The molecule has 0 aromatic rings. The highest BCUT2D eigenvalue weighted by Gasteiger charge is 2.22. The first-order valence-electron chi connectivity index (χ1n) is 20.2. The fourth-order valence-corrected chi connectivity index (χ4v) is 7.32. The van der Waals surface area contributed by atoms with E-state index in [1.807, 2.05) is 21.1 Å². The molecule has 0 radical (unpaired) electrons.